The third kappa shape index (κ3) is 2.31. The molecule has 2 unspecified atom stereocenters. The summed E-state index contributed by atoms with van der Waals surface area (Å²) < 4.78 is 12.9. The molecule has 1 aromatic carbocycles. The minimum absolute atomic E-state index is 0.177. The van der Waals surface area contributed by atoms with Crippen LogP contribution in [0.3, 0.4) is 0 Å². The van der Waals surface area contributed by atoms with Crippen LogP contribution in [0, 0.1) is 5.92 Å². The van der Waals surface area contributed by atoms with E-state index in [0.717, 1.165) is 25.5 Å². The second-order valence-electron chi connectivity index (χ2n) is 4.59. The lowest BCUT2D eigenvalue weighted by atomic mass is 9.76. The van der Waals surface area contributed by atoms with Gasteiger partial charge in [0, 0.05) is 5.56 Å². The molecule has 1 fully saturated rings. The monoisotopic (exact) mass is 220 g/mol. The molecule has 2 atom stereocenters. The van der Waals surface area contributed by atoms with Crippen LogP contribution >= 0.6 is 0 Å². The van der Waals surface area contributed by atoms with Crippen LogP contribution in [0.15, 0.2) is 24.3 Å². The highest BCUT2D eigenvalue weighted by Gasteiger charge is 2.26. The van der Waals surface area contributed by atoms with Crippen LogP contribution in [-0.4, -0.2) is 13.0 Å². The number of carbonyl (C=O) groups excluding carboxylic acids is 1. The van der Waals surface area contributed by atoms with Gasteiger partial charge in [0.05, 0.1) is 6.67 Å². The van der Waals surface area contributed by atoms with Crippen LogP contribution in [0.5, 0.6) is 0 Å². The van der Waals surface area contributed by atoms with Gasteiger partial charge in [-0.3, -0.25) is 9.18 Å². The van der Waals surface area contributed by atoms with Crippen LogP contribution in [0.4, 0.5) is 4.39 Å². The summed E-state index contributed by atoms with van der Waals surface area (Å²) in [6.07, 6.45) is 5.26. The predicted molar refractivity (Wildman–Crippen MR) is 62.5 cm³/mol. The molecular formula is C14H17FO. The number of alkyl halides is 1. The molecule has 1 nitrogen and oxygen atoms in total. The third-order valence-electron chi connectivity index (χ3n) is 3.61. The van der Waals surface area contributed by atoms with E-state index >= 15 is 0 Å². The molecule has 0 spiro atoms. The van der Waals surface area contributed by atoms with Gasteiger partial charge in [0.15, 0.2) is 0 Å². The van der Waals surface area contributed by atoms with Gasteiger partial charge in [0.25, 0.3) is 0 Å². The van der Waals surface area contributed by atoms with E-state index in [1.165, 1.54) is 12.0 Å². The Labute approximate surface area is 95.7 Å². The zero-order valence-corrected chi connectivity index (χ0v) is 9.36. The van der Waals surface area contributed by atoms with Crippen LogP contribution in [0.1, 0.15) is 47.5 Å². The van der Waals surface area contributed by atoms with Gasteiger partial charge in [-0.2, -0.15) is 0 Å². The molecule has 0 radical (unpaired) electrons. The second kappa shape index (κ2) is 5.24. The SMILES string of the molecule is O=Cc1ccc(C2CCCCC2CF)cc1. The summed E-state index contributed by atoms with van der Waals surface area (Å²) in [6.45, 7) is -0.222. The van der Waals surface area contributed by atoms with E-state index < -0.39 is 0 Å². The van der Waals surface area contributed by atoms with Crippen LogP contribution in [0.25, 0.3) is 0 Å². The second-order valence-corrected chi connectivity index (χ2v) is 4.59. The summed E-state index contributed by atoms with van der Waals surface area (Å²) in [5.41, 5.74) is 1.88. The Balaban J connectivity index is 2.17. The minimum Gasteiger partial charge on any atom is -0.298 e. The summed E-state index contributed by atoms with van der Waals surface area (Å²) >= 11 is 0. The summed E-state index contributed by atoms with van der Waals surface area (Å²) in [5.74, 6) is 0.523. The first-order valence-electron chi connectivity index (χ1n) is 5.96. The highest BCUT2D eigenvalue weighted by molar-refractivity contribution is 5.74. The van der Waals surface area contributed by atoms with Crippen molar-refractivity contribution in [2.45, 2.75) is 31.6 Å². The van der Waals surface area contributed by atoms with Crippen molar-refractivity contribution in [1.82, 2.24) is 0 Å². The average Bonchev–Trinajstić information content (AvgIpc) is 2.39. The maximum Gasteiger partial charge on any atom is 0.150 e. The Hall–Kier alpha value is -1.18. The van der Waals surface area contributed by atoms with Crippen molar-refractivity contribution >= 4 is 6.29 Å². The van der Waals surface area contributed by atoms with Gasteiger partial charge >= 0.3 is 0 Å². The lowest BCUT2D eigenvalue weighted by Crippen LogP contribution is -2.19. The molecule has 1 aromatic rings. The lowest BCUT2D eigenvalue weighted by Gasteiger charge is -2.30. The van der Waals surface area contributed by atoms with Crippen molar-refractivity contribution in [2.24, 2.45) is 5.92 Å². The molecular weight excluding hydrogens is 203 g/mol. The zero-order valence-electron chi connectivity index (χ0n) is 9.36. The third-order valence-corrected chi connectivity index (χ3v) is 3.61. The van der Waals surface area contributed by atoms with Crippen LogP contribution < -0.4 is 0 Å². The van der Waals surface area contributed by atoms with Crippen molar-refractivity contribution in [3.8, 4) is 0 Å². The van der Waals surface area contributed by atoms with Crippen molar-refractivity contribution in [2.75, 3.05) is 6.67 Å². The Kier molecular flexibility index (Phi) is 3.70. The number of halogens is 1. The summed E-state index contributed by atoms with van der Waals surface area (Å²) in [5, 5.41) is 0. The van der Waals surface area contributed by atoms with E-state index in [1.54, 1.807) is 0 Å². The minimum atomic E-state index is -0.222. The molecule has 2 rings (SSSR count). The topological polar surface area (TPSA) is 17.1 Å². The normalized spacial score (nSPS) is 25.3. The standard InChI is InChI=1S/C14H17FO/c15-9-13-3-1-2-4-14(13)12-7-5-11(10-16)6-8-12/h5-8,10,13-14H,1-4,9H2. The summed E-state index contributed by atoms with van der Waals surface area (Å²) in [4.78, 5) is 10.6. The van der Waals surface area contributed by atoms with Crippen molar-refractivity contribution in [3.05, 3.63) is 35.4 Å². The Morgan fingerprint density at radius 2 is 1.88 bits per heavy atom. The molecule has 0 amide bonds. The van der Waals surface area contributed by atoms with Gasteiger partial charge in [-0.15, -0.1) is 0 Å². The molecule has 0 N–H and O–H groups in total. The number of carbonyl (C=O) groups is 1. The molecule has 16 heavy (non-hydrogen) atoms. The zero-order chi connectivity index (χ0) is 11.4. The molecule has 1 saturated carbocycles. The first kappa shape index (κ1) is 11.3. The Bertz CT molecular complexity index is 344. The fourth-order valence-corrected chi connectivity index (χ4v) is 2.65. The molecule has 1 aliphatic carbocycles. The van der Waals surface area contributed by atoms with Crippen molar-refractivity contribution in [1.29, 1.82) is 0 Å². The van der Waals surface area contributed by atoms with E-state index in [4.69, 9.17) is 0 Å². The molecule has 0 aromatic heterocycles. The fraction of sp³-hybridized carbons (Fsp3) is 0.500. The maximum absolute atomic E-state index is 12.9. The van der Waals surface area contributed by atoms with E-state index in [2.05, 4.69) is 0 Å². The molecule has 1 aliphatic rings. The number of hydrogen-bond acceptors (Lipinski definition) is 1. The highest BCUT2D eigenvalue weighted by atomic mass is 19.1. The van der Waals surface area contributed by atoms with E-state index in [-0.39, 0.29) is 12.6 Å². The van der Waals surface area contributed by atoms with Gasteiger partial charge in [-0.05, 0) is 30.2 Å². The lowest BCUT2D eigenvalue weighted by molar-refractivity contribution is 0.112. The number of rotatable bonds is 3. The van der Waals surface area contributed by atoms with Gasteiger partial charge in [-0.1, -0.05) is 37.1 Å². The van der Waals surface area contributed by atoms with Gasteiger partial charge in [0.1, 0.15) is 6.29 Å². The fourth-order valence-electron chi connectivity index (χ4n) is 2.65. The van der Waals surface area contributed by atoms with E-state index in [1.807, 2.05) is 24.3 Å². The quantitative estimate of drug-likeness (QED) is 0.709. The molecule has 86 valence electrons. The van der Waals surface area contributed by atoms with Crippen LogP contribution in [0.2, 0.25) is 0 Å². The van der Waals surface area contributed by atoms with Gasteiger partial charge in [0.2, 0.25) is 0 Å². The molecule has 2 heteroatoms. The van der Waals surface area contributed by atoms with Crippen LogP contribution in [-0.2, 0) is 0 Å². The number of aldehydes is 1. The maximum atomic E-state index is 12.9. The summed E-state index contributed by atoms with van der Waals surface area (Å²) in [6, 6.07) is 7.60. The van der Waals surface area contributed by atoms with Gasteiger partial charge < -0.3 is 0 Å². The highest BCUT2D eigenvalue weighted by Crippen LogP contribution is 2.37. The smallest absolute Gasteiger partial charge is 0.150 e. The first-order valence-corrected chi connectivity index (χ1v) is 5.96. The molecule has 0 saturated heterocycles. The van der Waals surface area contributed by atoms with E-state index in [0.29, 0.717) is 11.5 Å². The number of hydrogen-bond donors (Lipinski definition) is 0. The summed E-state index contributed by atoms with van der Waals surface area (Å²) in [7, 11) is 0. The Morgan fingerprint density at radius 3 is 2.50 bits per heavy atom. The van der Waals surface area contributed by atoms with Crippen molar-refractivity contribution in [3.63, 3.8) is 0 Å². The molecule has 0 heterocycles. The largest absolute Gasteiger partial charge is 0.298 e. The van der Waals surface area contributed by atoms with Gasteiger partial charge in [-0.25, -0.2) is 0 Å². The van der Waals surface area contributed by atoms with E-state index in [9.17, 15) is 9.18 Å². The first-order chi connectivity index (χ1) is 7.85. The molecule has 0 bridgehead atoms. The average molecular weight is 220 g/mol. The predicted octanol–water partition coefficient (Wildman–Crippen LogP) is 3.74. The van der Waals surface area contributed by atoms with Crippen molar-refractivity contribution < 1.29 is 9.18 Å². The Morgan fingerprint density at radius 1 is 1.19 bits per heavy atom. The number of benzene rings is 1. The molecule has 0 aliphatic heterocycles.